The summed E-state index contributed by atoms with van der Waals surface area (Å²) in [6.45, 7) is 0.234. The zero-order valence-electron chi connectivity index (χ0n) is 17.4. The fourth-order valence-electron chi connectivity index (χ4n) is 2.98. The first-order valence-corrected chi connectivity index (χ1v) is 9.79. The quantitative estimate of drug-likeness (QED) is 0.594. The van der Waals surface area contributed by atoms with Gasteiger partial charge in [0.1, 0.15) is 17.2 Å². The van der Waals surface area contributed by atoms with E-state index in [-0.39, 0.29) is 18.1 Å². The Morgan fingerprint density at radius 1 is 1.03 bits per heavy atom. The van der Waals surface area contributed by atoms with Gasteiger partial charge in [-0.2, -0.15) is 0 Å². The lowest BCUT2D eigenvalue weighted by molar-refractivity contribution is 0.0785. The molecule has 0 aliphatic rings. The van der Waals surface area contributed by atoms with Crippen molar-refractivity contribution in [2.24, 2.45) is 0 Å². The van der Waals surface area contributed by atoms with Crippen molar-refractivity contribution in [2.75, 3.05) is 26.6 Å². The fourth-order valence-corrected chi connectivity index (χ4v) is 3.23. The van der Waals surface area contributed by atoms with Gasteiger partial charge < -0.3 is 19.7 Å². The third-order valence-corrected chi connectivity index (χ3v) is 4.92. The number of rotatable bonds is 7. The van der Waals surface area contributed by atoms with Crippen molar-refractivity contribution in [2.45, 2.75) is 6.54 Å². The lowest BCUT2D eigenvalue weighted by Gasteiger charge is -2.20. The van der Waals surface area contributed by atoms with Crippen molar-refractivity contribution in [1.82, 2.24) is 9.88 Å². The maximum absolute atomic E-state index is 12.9. The highest BCUT2D eigenvalue weighted by atomic mass is 35.5. The Hall–Kier alpha value is -3.58. The first kappa shape index (κ1) is 22.1. The number of amides is 2. The van der Waals surface area contributed by atoms with Gasteiger partial charge in [0, 0.05) is 31.4 Å². The van der Waals surface area contributed by atoms with E-state index < -0.39 is 5.91 Å². The summed E-state index contributed by atoms with van der Waals surface area (Å²) in [5.74, 6) is 0.490. The zero-order valence-corrected chi connectivity index (χ0v) is 18.1. The number of nitrogens with zero attached hydrogens (tertiary/aromatic N) is 2. The molecule has 1 heterocycles. The van der Waals surface area contributed by atoms with Gasteiger partial charge in [0.25, 0.3) is 11.8 Å². The van der Waals surface area contributed by atoms with E-state index in [4.69, 9.17) is 21.1 Å². The molecule has 0 fully saturated rings. The second kappa shape index (κ2) is 9.95. The standard InChI is InChI=1S/C23H22ClN3O4/c1-27(23(29)15-6-4-8-17(12-15)30-2)14-16-7-5-9-19(24)21(16)26-22(28)20-13-18(31-3)10-11-25-20/h4-13H,14H2,1-3H3,(H,26,28). The van der Waals surface area contributed by atoms with E-state index in [0.29, 0.717) is 33.3 Å². The van der Waals surface area contributed by atoms with Crippen molar-refractivity contribution in [3.05, 3.63) is 82.6 Å². The van der Waals surface area contributed by atoms with Crippen LogP contribution in [-0.2, 0) is 6.54 Å². The zero-order chi connectivity index (χ0) is 22.4. The largest absolute Gasteiger partial charge is 0.497 e. The molecule has 2 amide bonds. The maximum Gasteiger partial charge on any atom is 0.274 e. The van der Waals surface area contributed by atoms with Crippen molar-refractivity contribution >= 4 is 29.1 Å². The van der Waals surface area contributed by atoms with Gasteiger partial charge in [-0.15, -0.1) is 0 Å². The molecule has 0 saturated heterocycles. The molecule has 3 aromatic rings. The molecule has 7 nitrogen and oxygen atoms in total. The van der Waals surface area contributed by atoms with Gasteiger partial charge >= 0.3 is 0 Å². The van der Waals surface area contributed by atoms with Crippen LogP contribution >= 0.6 is 11.6 Å². The molecule has 160 valence electrons. The number of methoxy groups -OCH3 is 2. The number of para-hydroxylation sites is 1. The Kier molecular flexibility index (Phi) is 7.10. The number of carbonyl (C=O) groups is 2. The van der Waals surface area contributed by atoms with Gasteiger partial charge in [-0.3, -0.25) is 14.6 Å². The van der Waals surface area contributed by atoms with Crippen molar-refractivity contribution < 1.29 is 19.1 Å². The summed E-state index contributed by atoms with van der Waals surface area (Å²) in [5, 5.41) is 3.16. The topological polar surface area (TPSA) is 80.8 Å². The SMILES string of the molecule is COc1cccc(C(=O)N(C)Cc2cccc(Cl)c2NC(=O)c2cc(OC)ccn2)c1. The fraction of sp³-hybridized carbons (Fsp3) is 0.174. The van der Waals surface area contributed by atoms with Gasteiger partial charge in [-0.25, -0.2) is 0 Å². The van der Waals surface area contributed by atoms with Crippen molar-refractivity contribution in [3.8, 4) is 11.5 Å². The highest BCUT2D eigenvalue weighted by Gasteiger charge is 2.18. The van der Waals surface area contributed by atoms with E-state index >= 15 is 0 Å². The van der Waals surface area contributed by atoms with E-state index in [2.05, 4.69) is 10.3 Å². The molecule has 0 aliphatic carbocycles. The van der Waals surface area contributed by atoms with Gasteiger partial charge in [0.15, 0.2) is 0 Å². The van der Waals surface area contributed by atoms with Crippen LogP contribution in [0, 0.1) is 0 Å². The smallest absolute Gasteiger partial charge is 0.274 e. The number of aromatic nitrogens is 1. The minimum absolute atomic E-state index is 0.186. The van der Waals surface area contributed by atoms with Crippen LogP contribution in [0.3, 0.4) is 0 Å². The first-order valence-electron chi connectivity index (χ1n) is 9.41. The van der Waals surface area contributed by atoms with Crippen molar-refractivity contribution in [1.29, 1.82) is 0 Å². The number of halogens is 1. The van der Waals surface area contributed by atoms with Crippen LogP contribution in [0.5, 0.6) is 11.5 Å². The van der Waals surface area contributed by atoms with Gasteiger partial charge in [0.2, 0.25) is 0 Å². The number of hydrogen-bond donors (Lipinski definition) is 1. The first-order chi connectivity index (χ1) is 14.9. The van der Waals surface area contributed by atoms with Crippen LogP contribution in [0.4, 0.5) is 5.69 Å². The monoisotopic (exact) mass is 439 g/mol. The lowest BCUT2D eigenvalue weighted by atomic mass is 10.1. The second-order valence-electron chi connectivity index (χ2n) is 6.70. The minimum Gasteiger partial charge on any atom is -0.497 e. The number of carbonyl (C=O) groups excluding carboxylic acids is 2. The van der Waals surface area contributed by atoms with Crippen molar-refractivity contribution in [3.63, 3.8) is 0 Å². The predicted molar refractivity (Wildman–Crippen MR) is 119 cm³/mol. The summed E-state index contributed by atoms with van der Waals surface area (Å²) in [5.41, 5.74) is 1.78. The number of ether oxygens (including phenoxy) is 2. The average Bonchev–Trinajstić information content (AvgIpc) is 2.80. The van der Waals surface area contributed by atoms with E-state index in [1.165, 1.54) is 19.4 Å². The molecule has 0 unspecified atom stereocenters. The third kappa shape index (κ3) is 5.32. The highest BCUT2D eigenvalue weighted by Crippen LogP contribution is 2.28. The summed E-state index contributed by atoms with van der Waals surface area (Å²) in [6, 6.07) is 15.3. The van der Waals surface area contributed by atoms with Gasteiger partial charge in [-0.1, -0.05) is 29.8 Å². The van der Waals surface area contributed by atoms with Crippen LogP contribution in [0.25, 0.3) is 0 Å². The predicted octanol–water partition coefficient (Wildman–Crippen LogP) is 4.28. The Morgan fingerprint density at radius 3 is 2.48 bits per heavy atom. The number of benzene rings is 2. The molecule has 2 aromatic carbocycles. The normalized spacial score (nSPS) is 10.3. The Balaban J connectivity index is 1.81. The lowest BCUT2D eigenvalue weighted by Crippen LogP contribution is -2.27. The molecule has 3 rings (SSSR count). The van der Waals surface area contributed by atoms with Crippen LogP contribution in [0.1, 0.15) is 26.4 Å². The van der Waals surface area contributed by atoms with Crippen LogP contribution < -0.4 is 14.8 Å². The molecular formula is C23H22ClN3O4. The highest BCUT2D eigenvalue weighted by molar-refractivity contribution is 6.34. The molecule has 0 bridgehead atoms. The molecule has 0 atom stereocenters. The summed E-state index contributed by atoms with van der Waals surface area (Å²) in [4.78, 5) is 31.2. The number of anilines is 1. The molecule has 0 saturated carbocycles. The summed E-state index contributed by atoms with van der Waals surface area (Å²) in [6.07, 6.45) is 1.49. The van der Waals surface area contributed by atoms with Gasteiger partial charge in [0.05, 0.1) is 24.9 Å². The number of nitrogens with one attached hydrogen (secondary N) is 1. The third-order valence-electron chi connectivity index (χ3n) is 4.61. The molecule has 1 N–H and O–H groups in total. The second-order valence-corrected chi connectivity index (χ2v) is 7.11. The Labute approximate surface area is 185 Å². The van der Waals surface area contributed by atoms with Crippen LogP contribution in [0.15, 0.2) is 60.8 Å². The molecule has 31 heavy (non-hydrogen) atoms. The molecule has 0 spiro atoms. The Bertz CT molecular complexity index is 1100. The van der Waals surface area contributed by atoms with E-state index in [9.17, 15) is 9.59 Å². The Morgan fingerprint density at radius 2 is 1.74 bits per heavy atom. The number of pyridine rings is 1. The van der Waals surface area contributed by atoms with Gasteiger partial charge in [-0.05, 0) is 35.9 Å². The molecule has 0 radical (unpaired) electrons. The minimum atomic E-state index is -0.435. The maximum atomic E-state index is 12.9. The molecular weight excluding hydrogens is 418 g/mol. The summed E-state index contributed by atoms with van der Waals surface area (Å²) >= 11 is 6.36. The number of hydrogen-bond acceptors (Lipinski definition) is 5. The molecule has 1 aromatic heterocycles. The van der Waals surface area contributed by atoms with Crippen LogP contribution in [-0.4, -0.2) is 43.0 Å². The van der Waals surface area contributed by atoms with E-state index in [1.807, 2.05) is 0 Å². The van der Waals surface area contributed by atoms with E-state index in [1.54, 1.807) is 67.6 Å². The molecule has 8 heteroatoms. The molecule has 0 aliphatic heterocycles. The van der Waals surface area contributed by atoms with E-state index in [0.717, 1.165) is 0 Å². The average molecular weight is 440 g/mol. The summed E-state index contributed by atoms with van der Waals surface area (Å²) in [7, 11) is 4.74. The summed E-state index contributed by atoms with van der Waals surface area (Å²) < 4.78 is 10.3. The van der Waals surface area contributed by atoms with Crippen LogP contribution in [0.2, 0.25) is 5.02 Å².